The molecule has 17 heteroatoms. The van der Waals surface area contributed by atoms with Gasteiger partial charge in [-0.15, -0.1) is 16.4 Å². The minimum absolute atomic E-state index is 0.00181. The van der Waals surface area contributed by atoms with Crippen molar-refractivity contribution < 1.29 is 42.1 Å². The number of alkyl halides is 1. The Balaban J connectivity index is 1.28. The van der Waals surface area contributed by atoms with Crippen molar-refractivity contribution in [3.63, 3.8) is 0 Å². The summed E-state index contributed by atoms with van der Waals surface area (Å²) >= 11 is 0.914. The third kappa shape index (κ3) is 8.40. The number of rotatable bonds is 14. The number of nitrogens with one attached hydrogen (secondary N) is 1. The van der Waals surface area contributed by atoms with Gasteiger partial charge in [-0.3, -0.25) is 4.79 Å². The van der Waals surface area contributed by atoms with Gasteiger partial charge in [0.25, 0.3) is 10.0 Å². The number of fused-ring (bicyclic) bond motifs is 1. The van der Waals surface area contributed by atoms with Gasteiger partial charge < -0.3 is 25.0 Å². The summed E-state index contributed by atoms with van der Waals surface area (Å²) in [5.74, 6) is -1.03. The van der Waals surface area contributed by atoms with E-state index in [9.17, 15) is 32.6 Å². The van der Waals surface area contributed by atoms with Gasteiger partial charge in [0, 0.05) is 6.42 Å². The van der Waals surface area contributed by atoms with Gasteiger partial charge in [-0.2, -0.15) is 0 Å². The van der Waals surface area contributed by atoms with E-state index < -0.39 is 40.7 Å². The molecule has 0 aliphatic carbocycles. The molecule has 0 saturated heterocycles. The molecular weight excluding hydrogens is 583 g/mol. The van der Waals surface area contributed by atoms with E-state index in [4.69, 9.17) is 14.6 Å². The van der Waals surface area contributed by atoms with Crippen molar-refractivity contribution in [1.82, 2.24) is 25.3 Å². The summed E-state index contributed by atoms with van der Waals surface area (Å²) in [7, 11) is -3.92. The number of aromatic nitrogens is 4. The standard InChI is InChI=1S/C24H25FN6O8S2/c25-9-16(32)13-39-17-3-1-14(2-4-17)7-20(23(34)35)27-22(33)11-31-10-15(29-30-31)12-38-18-5-6-19-21(8-18)40-24(28-19)41(26,36)37/h1-6,8,10,16,20,32H,7,9,11-13H2,(H,27,33)(H,34,35)(H2,26,36,37)/t16-,20?/m1/s1. The number of hydrogen-bond donors (Lipinski definition) is 4. The maximum Gasteiger partial charge on any atom is 0.326 e. The van der Waals surface area contributed by atoms with Gasteiger partial charge >= 0.3 is 5.97 Å². The first-order chi connectivity index (χ1) is 19.5. The molecule has 2 atom stereocenters. The molecule has 0 saturated carbocycles. The summed E-state index contributed by atoms with van der Waals surface area (Å²) in [6.07, 6.45) is 0.232. The highest BCUT2D eigenvalue weighted by Gasteiger charge is 2.21. The molecule has 0 bridgehead atoms. The second-order valence-electron chi connectivity index (χ2n) is 8.78. The van der Waals surface area contributed by atoms with Crippen molar-refractivity contribution in [3.8, 4) is 11.5 Å². The summed E-state index contributed by atoms with van der Waals surface area (Å²) in [6, 6.07) is 9.92. The van der Waals surface area contributed by atoms with E-state index in [2.05, 4.69) is 20.6 Å². The van der Waals surface area contributed by atoms with Crippen LogP contribution in [0.4, 0.5) is 4.39 Å². The number of nitrogens with two attached hydrogens (primary N) is 1. The van der Waals surface area contributed by atoms with Crippen molar-refractivity contribution in [2.75, 3.05) is 13.3 Å². The molecule has 2 heterocycles. The number of halogens is 1. The quantitative estimate of drug-likeness (QED) is 0.156. The van der Waals surface area contributed by atoms with Gasteiger partial charge in [0.15, 0.2) is 0 Å². The van der Waals surface area contributed by atoms with Gasteiger partial charge in [-0.1, -0.05) is 17.3 Å². The van der Waals surface area contributed by atoms with Gasteiger partial charge in [-0.25, -0.2) is 32.4 Å². The van der Waals surface area contributed by atoms with Gasteiger partial charge in [0.2, 0.25) is 10.2 Å². The Morgan fingerprint density at radius 3 is 2.56 bits per heavy atom. The van der Waals surface area contributed by atoms with E-state index in [-0.39, 0.29) is 30.5 Å². The molecule has 4 aromatic rings. The Bertz CT molecular complexity index is 1630. The van der Waals surface area contributed by atoms with E-state index in [0.717, 1.165) is 11.3 Å². The fourth-order valence-corrected chi connectivity index (χ4v) is 5.20. The molecule has 0 aliphatic rings. The highest BCUT2D eigenvalue weighted by molar-refractivity contribution is 7.91. The molecule has 0 radical (unpaired) electrons. The Hall–Kier alpha value is -4.19. The Morgan fingerprint density at radius 1 is 1.15 bits per heavy atom. The number of carboxylic acids is 1. The molecule has 2 aromatic heterocycles. The predicted molar refractivity (Wildman–Crippen MR) is 143 cm³/mol. The molecule has 5 N–H and O–H groups in total. The molecule has 1 amide bonds. The normalized spacial score (nSPS) is 13.0. The fourth-order valence-electron chi connectivity index (χ4n) is 3.52. The van der Waals surface area contributed by atoms with Crippen LogP contribution in [-0.4, -0.2) is 75.9 Å². The number of sulfonamides is 1. The van der Waals surface area contributed by atoms with E-state index in [1.807, 2.05) is 0 Å². The molecule has 0 aliphatic heterocycles. The zero-order valence-corrected chi connectivity index (χ0v) is 22.8. The number of primary sulfonamides is 1. The number of hydrogen-bond acceptors (Lipinski definition) is 11. The summed E-state index contributed by atoms with van der Waals surface area (Å²) in [5, 5.41) is 34.2. The lowest BCUT2D eigenvalue weighted by molar-refractivity contribution is -0.141. The van der Waals surface area contributed by atoms with Crippen molar-refractivity contribution in [1.29, 1.82) is 0 Å². The van der Waals surface area contributed by atoms with Crippen LogP contribution in [-0.2, 0) is 39.2 Å². The molecule has 0 spiro atoms. The largest absolute Gasteiger partial charge is 0.491 e. The highest BCUT2D eigenvalue weighted by Crippen LogP contribution is 2.28. The lowest BCUT2D eigenvalue weighted by atomic mass is 10.1. The van der Waals surface area contributed by atoms with Crippen molar-refractivity contribution >= 4 is 43.5 Å². The van der Waals surface area contributed by atoms with Crippen LogP contribution in [0.5, 0.6) is 11.5 Å². The number of aliphatic hydroxyl groups is 1. The van der Waals surface area contributed by atoms with Crippen LogP contribution in [0, 0.1) is 0 Å². The van der Waals surface area contributed by atoms with Gasteiger partial charge in [0.1, 0.15) is 55.8 Å². The molecule has 0 fully saturated rings. The Labute approximate surface area is 236 Å². The average Bonchev–Trinajstić information content (AvgIpc) is 3.57. The summed E-state index contributed by atoms with van der Waals surface area (Å²) < 4.78 is 47.9. The number of carbonyl (C=O) groups excluding carboxylic acids is 1. The monoisotopic (exact) mass is 608 g/mol. The average molecular weight is 609 g/mol. The van der Waals surface area contributed by atoms with Gasteiger partial charge in [0.05, 0.1) is 16.4 Å². The summed E-state index contributed by atoms with van der Waals surface area (Å²) in [6.45, 7) is -1.44. The highest BCUT2D eigenvalue weighted by atomic mass is 32.2. The van der Waals surface area contributed by atoms with Crippen molar-refractivity contribution in [2.45, 2.75) is 36.1 Å². The van der Waals surface area contributed by atoms with Crippen LogP contribution in [0.3, 0.4) is 0 Å². The molecular formula is C24H25FN6O8S2. The number of aliphatic hydroxyl groups excluding tert-OH is 1. The second-order valence-corrected chi connectivity index (χ2v) is 11.5. The second kappa shape index (κ2) is 13.0. The number of aliphatic carboxylic acids is 1. The fraction of sp³-hybridized carbons (Fsp3) is 0.292. The van der Waals surface area contributed by atoms with E-state index in [1.54, 1.807) is 42.5 Å². The topological polar surface area (TPSA) is 209 Å². The van der Waals surface area contributed by atoms with Crippen LogP contribution in [0.15, 0.2) is 53.0 Å². The van der Waals surface area contributed by atoms with E-state index in [0.29, 0.717) is 33.0 Å². The first-order valence-electron chi connectivity index (χ1n) is 11.9. The Kier molecular flexibility index (Phi) is 9.43. The minimum Gasteiger partial charge on any atom is -0.491 e. The van der Waals surface area contributed by atoms with Gasteiger partial charge in [-0.05, 0) is 35.9 Å². The van der Waals surface area contributed by atoms with Crippen LogP contribution >= 0.6 is 11.3 Å². The lowest BCUT2D eigenvalue weighted by Crippen LogP contribution is -2.43. The first-order valence-corrected chi connectivity index (χ1v) is 14.3. The SMILES string of the molecule is NS(=O)(=O)c1nc2ccc(OCc3cn(CC(=O)NC(Cc4ccc(OC[C@H](O)CF)cc4)C(=O)O)nn3)cc2s1. The number of nitrogens with zero attached hydrogens (tertiary/aromatic N) is 4. The van der Waals surface area contributed by atoms with E-state index >= 15 is 0 Å². The smallest absolute Gasteiger partial charge is 0.326 e. The molecule has 2 aromatic carbocycles. The zero-order valence-electron chi connectivity index (χ0n) is 21.2. The molecule has 41 heavy (non-hydrogen) atoms. The molecule has 218 valence electrons. The number of thiazole rings is 1. The number of benzene rings is 2. The number of ether oxygens (including phenoxy) is 2. The molecule has 14 nitrogen and oxygen atoms in total. The summed E-state index contributed by atoms with van der Waals surface area (Å²) in [4.78, 5) is 28.2. The van der Waals surface area contributed by atoms with E-state index in [1.165, 1.54) is 10.9 Å². The number of carboxylic acid groups (broad SMARTS) is 1. The lowest BCUT2D eigenvalue weighted by Gasteiger charge is -2.15. The Morgan fingerprint density at radius 2 is 1.88 bits per heavy atom. The number of amides is 1. The van der Waals surface area contributed by atoms with Crippen LogP contribution < -0.4 is 19.9 Å². The minimum atomic E-state index is -3.92. The predicted octanol–water partition coefficient (Wildman–Crippen LogP) is 0.636. The van der Waals surface area contributed by atoms with Crippen molar-refractivity contribution in [3.05, 3.63) is 59.9 Å². The van der Waals surface area contributed by atoms with Crippen molar-refractivity contribution in [2.24, 2.45) is 5.14 Å². The zero-order chi connectivity index (χ0) is 29.6. The summed E-state index contributed by atoms with van der Waals surface area (Å²) in [5.41, 5.74) is 1.46. The molecule has 1 unspecified atom stereocenters. The van der Waals surface area contributed by atoms with Crippen LogP contribution in [0.2, 0.25) is 0 Å². The van der Waals surface area contributed by atoms with Crippen LogP contribution in [0.1, 0.15) is 11.3 Å². The molecule has 4 rings (SSSR count). The maximum absolute atomic E-state index is 12.5. The van der Waals surface area contributed by atoms with Crippen LogP contribution in [0.25, 0.3) is 10.2 Å². The third-order valence-electron chi connectivity index (χ3n) is 5.48. The maximum atomic E-state index is 12.5. The third-order valence-corrected chi connectivity index (χ3v) is 7.82. The first kappa shape index (κ1) is 29.8. The number of carbonyl (C=O) groups is 2.